The molecule has 6 nitrogen and oxygen atoms in total. The molecule has 96 valence electrons. The van der Waals surface area contributed by atoms with Gasteiger partial charge in [-0.25, -0.2) is 4.98 Å². The average Bonchev–Trinajstić information content (AvgIpc) is 2.76. The lowest BCUT2D eigenvalue weighted by atomic mass is 10.1. The van der Waals surface area contributed by atoms with Gasteiger partial charge in [-0.05, 0) is 12.3 Å². The molecule has 0 saturated carbocycles. The van der Waals surface area contributed by atoms with Crippen LogP contribution in [-0.4, -0.2) is 29.1 Å². The molecule has 1 amide bonds. The van der Waals surface area contributed by atoms with Crippen molar-refractivity contribution >= 4 is 5.91 Å². The number of nitrogens with two attached hydrogens (primary N) is 1. The van der Waals surface area contributed by atoms with Crippen LogP contribution >= 0.6 is 0 Å². The lowest BCUT2D eigenvalue weighted by Crippen LogP contribution is -2.25. The summed E-state index contributed by atoms with van der Waals surface area (Å²) in [5, 5.41) is 11.5. The lowest BCUT2D eigenvalue weighted by molar-refractivity contribution is 0.0947. The molecule has 1 rings (SSSR count). The van der Waals surface area contributed by atoms with Crippen molar-refractivity contribution in [1.29, 1.82) is 0 Å². The Morgan fingerprint density at radius 1 is 1.65 bits per heavy atom. The number of oxazole rings is 1. The summed E-state index contributed by atoms with van der Waals surface area (Å²) >= 11 is 0. The van der Waals surface area contributed by atoms with E-state index in [1.165, 1.54) is 6.26 Å². The predicted octanol–water partition coefficient (Wildman–Crippen LogP) is 0.443. The number of rotatable bonds is 6. The maximum Gasteiger partial charge on any atom is 0.273 e. The number of aliphatic hydroxyl groups is 1. The maximum absolute atomic E-state index is 11.6. The van der Waals surface area contributed by atoms with Gasteiger partial charge in [-0.3, -0.25) is 4.79 Å². The van der Waals surface area contributed by atoms with E-state index in [0.717, 1.165) is 6.42 Å². The second-order valence-corrected chi connectivity index (χ2v) is 4.30. The summed E-state index contributed by atoms with van der Waals surface area (Å²) in [5.74, 6) is 0.415. The van der Waals surface area contributed by atoms with Crippen molar-refractivity contribution in [3.8, 4) is 0 Å². The zero-order valence-corrected chi connectivity index (χ0v) is 10.1. The molecule has 1 aromatic rings. The van der Waals surface area contributed by atoms with E-state index in [0.29, 0.717) is 12.5 Å². The zero-order chi connectivity index (χ0) is 12.8. The van der Waals surface area contributed by atoms with Gasteiger partial charge in [0.2, 0.25) is 5.89 Å². The largest absolute Gasteiger partial charge is 0.446 e. The van der Waals surface area contributed by atoms with Gasteiger partial charge in [0.05, 0.1) is 6.61 Å². The van der Waals surface area contributed by atoms with Crippen LogP contribution in [-0.2, 0) is 0 Å². The van der Waals surface area contributed by atoms with Crippen LogP contribution in [0, 0.1) is 5.92 Å². The topological polar surface area (TPSA) is 101 Å². The molecule has 0 aromatic carbocycles. The predicted molar refractivity (Wildman–Crippen MR) is 62.3 cm³/mol. The monoisotopic (exact) mass is 241 g/mol. The molecule has 0 aliphatic rings. The maximum atomic E-state index is 11.6. The van der Waals surface area contributed by atoms with E-state index in [9.17, 15) is 4.79 Å². The van der Waals surface area contributed by atoms with Crippen LogP contribution in [0.25, 0.3) is 0 Å². The van der Waals surface area contributed by atoms with Crippen LogP contribution in [0.4, 0.5) is 0 Å². The smallest absolute Gasteiger partial charge is 0.273 e. The molecule has 1 atom stereocenters. The molecule has 0 radical (unpaired) electrons. The third-order valence-electron chi connectivity index (χ3n) is 2.28. The first-order valence-electron chi connectivity index (χ1n) is 5.64. The summed E-state index contributed by atoms with van der Waals surface area (Å²) in [6.45, 7) is 4.50. The van der Waals surface area contributed by atoms with Crippen LogP contribution < -0.4 is 11.1 Å². The Labute approximate surface area is 100 Å². The molecule has 0 spiro atoms. The number of aliphatic hydroxyl groups excluding tert-OH is 1. The minimum absolute atomic E-state index is 0.168. The number of hydrogen-bond donors (Lipinski definition) is 3. The molecule has 0 bridgehead atoms. The number of carbonyl (C=O) groups is 1. The highest BCUT2D eigenvalue weighted by atomic mass is 16.3. The zero-order valence-electron chi connectivity index (χ0n) is 10.1. The number of hydrogen-bond acceptors (Lipinski definition) is 5. The Bertz CT molecular complexity index is 363. The van der Waals surface area contributed by atoms with Crippen molar-refractivity contribution in [3.63, 3.8) is 0 Å². The fourth-order valence-electron chi connectivity index (χ4n) is 1.21. The molecule has 17 heavy (non-hydrogen) atoms. The highest BCUT2D eigenvalue weighted by Gasteiger charge is 2.15. The van der Waals surface area contributed by atoms with Gasteiger partial charge < -0.3 is 20.6 Å². The minimum atomic E-state index is -0.688. The SMILES string of the molecule is CC(C)CCNC(=O)c1coc(C(N)CO)n1. The Hall–Kier alpha value is -1.40. The normalized spacial score (nSPS) is 12.8. The van der Waals surface area contributed by atoms with Gasteiger partial charge in [-0.15, -0.1) is 0 Å². The molecular weight excluding hydrogens is 222 g/mol. The van der Waals surface area contributed by atoms with Crippen LogP contribution in [0.15, 0.2) is 10.7 Å². The Kier molecular flexibility index (Phi) is 5.11. The van der Waals surface area contributed by atoms with E-state index >= 15 is 0 Å². The molecule has 0 aliphatic heterocycles. The molecule has 1 unspecified atom stereocenters. The summed E-state index contributed by atoms with van der Waals surface area (Å²) < 4.78 is 5.01. The van der Waals surface area contributed by atoms with E-state index in [1.807, 2.05) is 0 Å². The van der Waals surface area contributed by atoms with Crippen LogP contribution in [0.5, 0.6) is 0 Å². The molecule has 6 heteroatoms. The molecule has 1 aromatic heterocycles. The van der Waals surface area contributed by atoms with Gasteiger partial charge in [0.15, 0.2) is 5.69 Å². The van der Waals surface area contributed by atoms with Crippen molar-refractivity contribution in [2.75, 3.05) is 13.2 Å². The Morgan fingerprint density at radius 3 is 2.94 bits per heavy atom. The number of nitrogens with one attached hydrogen (secondary N) is 1. The van der Waals surface area contributed by atoms with Gasteiger partial charge in [0.25, 0.3) is 5.91 Å². The van der Waals surface area contributed by atoms with E-state index < -0.39 is 6.04 Å². The average molecular weight is 241 g/mol. The van der Waals surface area contributed by atoms with Crippen molar-refractivity contribution in [1.82, 2.24) is 10.3 Å². The van der Waals surface area contributed by atoms with Crippen LogP contribution in [0.2, 0.25) is 0 Å². The van der Waals surface area contributed by atoms with Crippen LogP contribution in [0.1, 0.15) is 42.7 Å². The first kappa shape index (κ1) is 13.7. The number of nitrogens with zero attached hydrogens (tertiary/aromatic N) is 1. The summed E-state index contributed by atoms with van der Waals surface area (Å²) in [5.41, 5.74) is 5.70. The minimum Gasteiger partial charge on any atom is -0.446 e. The van der Waals surface area contributed by atoms with Crippen molar-refractivity contribution in [2.24, 2.45) is 11.7 Å². The molecule has 0 saturated heterocycles. The summed E-state index contributed by atoms with van der Waals surface area (Å²) in [6, 6.07) is -0.688. The molecule has 0 fully saturated rings. The quantitative estimate of drug-likeness (QED) is 0.671. The molecule has 4 N–H and O–H groups in total. The van der Waals surface area contributed by atoms with Crippen molar-refractivity contribution in [3.05, 3.63) is 17.8 Å². The van der Waals surface area contributed by atoms with Crippen LogP contribution in [0.3, 0.4) is 0 Å². The second kappa shape index (κ2) is 6.36. The van der Waals surface area contributed by atoms with Gasteiger partial charge >= 0.3 is 0 Å². The summed E-state index contributed by atoms with van der Waals surface area (Å²) in [4.78, 5) is 15.5. The highest BCUT2D eigenvalue weighted by molar-refractivity contribution is 5.91. The lowest BCUT2D eigenvalue weighted by Gasteiger charge is -2.05. The van der Waals surface area contributed by atoms with E-state index in [4.69, 9.17) is 15.3 Å². The summed E-state index contributed by atoms with van der Waals surface area (Å²) in [7, 11) is 0. The first-order valence-corrected chi connectivity index (χ1v) is 5.64. The van der Waals surface area contributed by atoms with Crippen molar-refractivity contribution < 1.29 is 14.3 Å². The highest BCUT2D eigenvalue weighted by Crippen LogP contribution is 2.09. The van der Waals surface area contributed by atoms with Crippen molar-refractivity contribution in [2.45, 2.75) is 26.3 Å². The second-order valence-electron chi connectivity index (χ2n) is 4.30. The number of aromatic nitrogens is 1. The van der Waals surface area contributed by atoms with Gasteiger partial charge in [-0.2, -0.15) is 0 Å². The number of amides is 1. The molecule has 1 heterocycles. The third kappa shape index (κ3) is 4.16. The molecule has 0 aliphatic carbocycles. The van der Waals surface area contributed by atoms with E-state index in [2.05, 4.69) is 24.1 Å². The van der Waals surface area contributed by atoms with E-state index in [-0.39, 0.29) is 24.1 Å². The van der Waals surface area contributed by atoms with Gasteiger partial charge in [-0.1, -0.05) is 13.8 Å². The summed E-state index contributed by atoms with van der Waals surface area (Å²) in [6.07, 6.45) is 2.15. The van der Waals surface area contributed by atoms with Gasteiger partial charge in [0.1, 0.15) is 12.3 Å². The Morgan fingerprint density at radius 2 is 2.35 bits per heavy atom. The fourth-order valence-corrected chi connectivity index (χ4v) is 1.21. The number of carbonyl (C=O) groups excluding carboxylic acids is 1. The Balaban J connectivity index is 2.49. The third-order valence-corrected chi connectivity index (χ3v) is 2.28. The first-order chi connectivity index (χ1) is 8.04. The molecular formula is C11H19N3O3. The fraction of sp³-hybridized carbons (Fsp3) is 0.636. The van der Waals surface area contributed by atoms with Gasteiger partial charge in [0, 0.05) is 6.54 Å². The standard InChI is InChI=1S/C11H19N3O3/c1-7(2)3-4-13-10(16)9-6-17-11(14-9)8(12)5-15/h6-8,15H,3-5,12H2,1-2H3,(H,13,16). The van der Waals surface area contributed by atoms with E-state index in [1.54, 1.807) is 0 Å².